The molecule has 0 unspecified atom stereocenters. The summed E-state index contributed by atoms with van der Waals surface area (Å²) in [5.41, 5.74) is 0.633. The first-order valence-corrected chi connectivity index (χ1v) is 10.0. The Morgan fingerprint density at radius 1 is 1.00 bits per heavy atom. The first-order valence-electron chi connectivity index (χ1n) is 10.0. The number of furan rings is 1. The van der Waals surface area contributed by atoms with Crippen molar-refractivity contribution in [2.75, 3.05) is 37.6 Å². The van der Waals surface area contributed by atoms with Crippen LogP contribution in [0.25, 0.3) is 0 Å². The predicted octanol–water partition coefficient (Wildman–Crippen LogP) is 2.43. The molecule has 1 saturated heterocycles. The standard InChI is InChI=1S/C23H23F2N3O2/c24-18-8-4-9-19(25)22(18)23(29)26-16-20(21-10-5-15-30-21)28-13-11-27(12-14-28)17-6-2-1-3-7-17/h1-10,15,20H,11-14,16H2,(H,26,29)/p+1/t20-/m0/s1. The number of nitrogens with one attached hydrogen (secondary N) is 2. The summed E-state index contributed by atoms with van der Waals surface area (Å²) in [5, 5.41) is 2.70. The first-order chi connectivity index (χ1) is 14.6. The van der Waals surface area contributed by atoms with Crippen molar-refractivity contribution >= 4 is 11.6 Å². The molecule has 0 aliphatic carbocycles. The van der Waals surface area contributed by atoms with Crippen LogP contribution in [0.1, 0.15) is 22.2 Å². The van der Waals surface area contributed by atoms with Gasteiger partial charge in [0.05, 0.1) is 39.0 Å². The lowest BCUT2D eigenvalue weighted by Crippen LogP contribution is -3.15. The second-order valence-electron chi connectivity index (χ2n) is 7.36. The number of rotatable bonds is 6. The number of hydrogen-bond acceptors (Lipinski definition) is 3. The summed E-state index contributed by atoms with van der Waals surface area (Å²) in [6.45, 7) is 3.66. The van der Waals surface area contributed by atoms with Crippen LogP contribution in [0.15, 0.2) is 71.3 Å². The molecule has 2 aromatic carbocycles. The Morgan fingerprint density at radius 2 is 1.70 bits per heavy atom. The average Bonchev–Trinajstić information content (AvgIpc) is 3.29. The highest BCUT2D eigenvalue weighted by Gasteiger charge is 2.31. The number of carbonyl (C=O) groups is 1. The van der Waals surface area contributed by atoms with Crippen molar-refractivity contribution in [3.05, 3.63) is 89.9 Å². The van der Waals surface area contributed by atoms with E-state index in [0.717, 1.165) is 44.1 Å². The van der Waals surface area contributed by atoms with Crippen LogP contribution < -0.4 is 15.1 Å². The minimum absolute atomic E-state index is 0.142. The Labute approximate surface area is 173 Å². The van der Waals surface area contributed by atoms with Gasteiger partial charge in [-0.05, 0) is 36.4 Å². The van der Waals surface area contributed by atoms with Crippen molar-refractivity contribution in [3.8, 4) is 0 Å². The van der Waals surface area contributed by atoms with E-state index in [0.29, 0.717) is 0 Å². The molecule has 1 aliphatic heterocycles. The normalized spacial score (nSPS) is 15.7. The van der Waals surface area contributed by atoms with Crippen LogP contribution in [-0.2, 0) is 0 Å². The van der Waals surface area contributed by atoms with Crippen molar-refractivity contribution in [1.29, 1.82) is 0 Å². The quantitative estimate of drug-likeness (QED) is 0.654. The van der Waals surface area contributed by atoms with Crippen LogP contribution in [0.3, 0.4) is 0 Å². The van der Waals surface area contributed by atoms with Gasteiger partial charge in [-0.25, -0.2) is 8.78 Å². The van der Waals surface area contributed by atoms with Gasteiger partial charge in [-0.2, -0.15) is 0 Å². The number of piperazine rings is 1. The lowest BCUT2D eigenvalue weighted by molar-refractivity contribution is -0.932. The fourth-order valence-corrected chi connectivity index (χ4v) is 3.97. The molecule has 1 atom stereocenters. The van der Waals surface area contributed by atoms with Gasteiger partial charge in [0, 0.05) is 5.69 Å². The SMILES string of the molecule is O=C(NC[C@@H](c1ccco1)[NH+]1CCN(c2ccccc2)CC1)c1c(F)cccc1F. The van der Waals surface area contributed by atoms with E-state index in [-0.39, 0.29) is 12.6 Å². The van der Waals surface area contributed by atoms with Gasteiger partial charge < -0.3 is 19.5 Å². The van der Waals surface area contributed by atoms with Gasteiger partial charge in [-0.1, -0.05) is 24.3 Å². The first kappa shape index (κ1) is 20.1. The van der Waals surface area contributed by atoms with Crippen molar-refractivity contribution < 1.29 is 22.9 Å². The highest BCUT2D eigenvalue weighted by atomic mass is 19.1. The van der Waals surface area contributed by atoms with Gasteiger partial charge in [0.2, 0.25) is 0 Å². The zero-order valence-corrected chi connectivity index (χ0v) is 16.5. The molecule has 0 bridgehead atoms. The van der Waals surface area contributed by atoms with Crippen LogP contribution >= 0.6 is 0 Å². The number of nitrogens with zero attached hydrogens (tertiary/aromatic N) is 1. The fraction of sp³-hybridized carbons (Fsp3) is 0.261. The van der Waals surface area contributed by atoms with E-state index >= 15 is 0 Å². The van der Waals surface area contributed by atoms with Crippen molar-refractivity contribution in [2.24, 2.45) is 0 Å². The Hall–Kier alpha value is -3.19. The van der Waals surface area contributed by atoms with Crippen LogP contribution in [0.2, 0.25) is 0 Å². The van der Waals surface area contributed by atoms with Gasteiger partial charge in [-0.15, -0.1) is 0 Å². The van der Waals surface area contributed by atoms with Crippen LogP contribution in [0.4, 0.5) is 14.5 Å². The molecule has 2 N–H and O–H groups in total. The van der Waals surface area contributed by atoms with E-state index in [2.05, 4.69) is 22.3 Å². The second kappa shape index (κ2) is 9.09. The number of quaternary nitrogens is 1. The molecule has 5 nitrogen and oxygen atoms in total. The van der Waals surface area contributed by atoms with Gasteiger partial charge in [0.1, 0.15) is 17.2 Å². The number of para-hydroxylation sites is 1. The molecule has 4 rings (SSSR count). The maximum absolute atomic E-state index is 13.9. The third kappa shape index (κ3) is 4.36. The third-order valence-corrected chi connectivity index (χ3v) is 5.56. The summed E-state index contributed by atoms with van der Waals surface area (Å²) >= 11 is 0. The number of benzene rings is 2. The molecular weight excluding hydrogens is 388 g/mol. The zero-order chi connectivity index (χ0) is 20.9. The van der Waals surface area contributed by atoms with E-state index in [1.807, 2.05) is 24.3 Å². The van der Waals surface area contributed by atoms with Crippen molar-refractivity contribution in [1.82, 2.24) is 5.32 Å². The molecule has 0 saturated carbocycles. The van der Waals surface area contributed by atoms with Crippen molar-refractivity contribution in [3.63, 3.8) is 0 Å². The highest BCUT2D eigenvalue weighted by Crippen LogP contribution is 2.16. The highest BCUT2D eigenvalue weighted by molar-refractivity contribution is 5.94. The maximum Gasteiger partial charge on any atom is 0.257 e. The predicted molar refractivity (Wildman–Crippen MR) is 109 cm³/mol. The summed E-state index contributed by atoms with van der Waals surface area (Å²) in [5.74, 6) is -1.76. The summed E-state index contributed by atoms with van der Waals surface area (Å²) < 4.78 is 33.5. The second-order valence-corrected chi connectivity index (χ2v) is 7.36. The molecule has 1 fully saturated rings. The van der Waals surface area contributed by atoms with Gasteiger partial charge >= 0.3 is 0 Å². The average molecular weight is 412 g/mol. The largest absolute Gasteiger partial charge is 0.463 e. The zero-order valence-electron chi connectivity index (χ0n) is 16.5. The molecule has 7 heteroatoms. The molecule has 0 spiro atoms. The summed E-state index contributed by atoms with van der Waals surface area (Å²) in [4.78, 5) is 16.0. The van der Waals surface area contributed by atoms with E-state index in [4.69, 9.17) is 4.42 Å². The van der Waals surface area contributed by atoms with E-state index in [9.17, 15) is 13.6 Å². The van der Waals surface area contributed by atoms with E-state index in [1.165, 1.54) is 16.7 Å². The Kier molecular flexibility index (Phi) is 6.09. The Bertz CT molecular complexity index is 951. The monoisotopic (exact) mass is 412 g/mol. The molecular formula is C23H24F2N3O2+. The van der Waals surface area contributed by atoms with E-state index < -0.39 is 23.1 Å². The molecule has 30 heavy (non-hydrogen) atoms. The molecule has 1 amide bonds. The van der Waals surface area contributed by atoms with Gasteiger partial charge in [0.25, 0.3) is 5.91 Å². The smallest absolute Gasteiger partial charge is 0.257 e. The number of halogens is 2. The van der Waals surface area contributed by atoms with Crippen molar-refractivity contribution in [2.45, 2.75) is 6.04 Å². The topological polar surface area (TPSA) is 49.9 Å². The number of anilines is 1. The van der Waals surface area contributed by atoms with Gasteiger partial charge in [-0.3, -0.25) is 4.79 Å². The molecule has 1 aliphatic rings. The van der Waals surface area contributed by atoms with E-state index in [1.54, 1.807) is 12.3 Å². The van der Waals surface area contributed by atoms with Gasteiger partial charge in [0.15, 0.2) is 11.8 Å². The Balaban J connectivity index is 1.44. The fourth-order valence-electron chi connectivity index (χ4n) is 3.97. The minimum atomic E-state index is -0.870. The summed E-state index contributed by atoms with van der Waals surface area (Å²) in [7, 11) is 0. The minimum Gasteiger partial charge on any atom is -0.463 e. The molecule has 2 heterocycles. The van der Waals surface area contributed by atoms with Crippen LogP contribution in [0, 0.1) is 11.6 Å². The lowest BCUT2D eigenvalue weighted by atomic mass is 10.1. The maximum atomic E-state index is 13.9. The lowest BCUT2D eigenvalue weighted by Gasteiger charge is -2.37. The number of amides is 1. The summed E-state index contributed by atoms with van der Waals surface area (Å²) in [6, 6.07) is 17.2. The van der Waals surface area contributed by atoms with Crippen LogP contribution in [0.5, 0.6) is 0 Å². The summed E-state index contributed by atoms with van der Waals surface area (Å²) in [6.07, 6.45) is 1.60. The molecule has 3 aromatic rings. The molecule has 0 radical (unpaired) electrons. The molecule has 1 aromatic heterocycles. The number of hydrogen-bond donors (Lipinski definition) is 2. The van der Waals surface area contributed by atoms with Crippen LogP contribution in [-0.4, -0.2) is 38.6 Å². The Morgan fingerprint density at radius 3 is 2.33 bits per heavy atom. The number of carbonyl (C=O) groups excluding carboxylic acids is 1. The molecule has 156 valence electrons. The third-order valence-electron chi connectivity index (χ3n) is 5.56.